The number of para-hydroxylation sites is 1. The molecule has 3 heteroatoms. The van der Waals surface area contributed by atoms with Crippen LogP contribution in [0.15, 0.2) is 54.6 Å². The minimum absolute atomic E-state index is 0.366. The summed E-state index contributed by atoms with van der Waals surface area (Å²) in [4.78, 5) is 0. The van der Waals surface area contributed by atoms with Crippen LogP contribution in [0.5, 0.6) is 11.5 Å². The molecule has 1 N–H and O–H groups in total. The van der Waals surface area contributed by atoms with Gasteiger partial charge in [-0.25, -0.2) is 0 Å². The summed E-state index contributed by atoms with van der Waals surface area (Å²) >= 11 is 0. The molecule has 0 aliphatic carbocycles. The normalized spacial score (nSPS) is 11.9. The maximum atomic E-state index is 5.68. The van der Waals surface area contributed by atoms with Crippen LogP contribution in [0, 0.1) is 0 Å². The molecule has 0 heterocycles. The van der Waals surface area contributed by atoms with E-state index >= 15 is 0 Å². The van der Waals surface area contributed by atoms with Gasteiger partial charge in [-0.2, -0.15) is 0 Å². The standard InChI is InChI=1S/C18H23NO2/c1-3-19-15(2)16-9-11-18(12-10-16)21-14-13-20-17-7-5-4-6-8-17/h4-12,15,19H,3,13-14H2,1-2H3. The van der Waals surface area contributed by atoms with Crippen molar-refractivity contribution in [1.82, 2.24) is 5.32 Å². The minimum Gasteiger partial charge on any atom is -0.490 e. The third kappa shape index (κ3) is 5.12. The first-order chi connectivity index (χ1) is 10.3. The monoisotopic (exact) mass is 285 g/mol. The van der Waals surface area contributed by atoms with Gasteiger partial charge in [-0.3, -0.25) is 0 Å². The van der Waals surface area contributed by atoms with Crippen LogP contribution in [0.4, 0.5) is 0 Å². The molecule has 0 radical (unpaired) electrons. The number of hydrogen-bond donors (Lipinski definition) is 1. The van der Waals surface area contributed by atoms with Gasteiger partial charge in [0.05, 0.1) is 0 Å². The van der Waals surface area contributed by atoms with Gasteiger partial charge in [0.1, 0.15) is 24.7 Å². The number of hydrogen-bond acceptors (Lipinski definition) is 3. The van der Waals surface area contributed by atoms with Gasteiger partial charge >= 0.3 is 0 Å². The van der Waals surface area contributed by atoms with Crippen LogP contribution in [0.25, 0.3) is 0 Å². The third-order valence-electron chi connectivity index (χ3n) is 3.25. The molecule has 0 amide bonds. The SMILES string of the molecule is CCNC(C)c1ccc(OCCOc2ccccc2)cc1. The van der Waals surface area contributed by atoms with Gasteiger partial charge in [-0.15, -0.1) is 0 Å². The average Bonchev–Trinajstić information content (AvgIpc) is 2.53. The van der Waals surface area contributed by atoms with Crippen LogP contribution in [0.1, 0.15) is 25.5 Å². The summed E-state index contributed by atoms with van der Waals surface area (Å²) < 4.78 is 11.3. The van der Waals surface area contributed by atoms with E-state index in [4.69, 9.17) is 9.47 Å². The van der Waals surface area contributed by atoms with Crippen molar-refractivity contribution < 1.29 is 9.47 Å². The van der Waals surface area contributed by atoms with Gasteiger partial charge in [0, 0.05) is 6.04 Å². The van der Waals surface area contributed by atoms with Gasteiger partial charge in [0.25, 0.3) is 0 Å². The minimum atomic E-state index is 0.366. The Morgan fingerprint density at radius 1 is 0.857 bits per heavy atom. The topological polar surface area (TPSA) is 30.5 Å². The summed E-state index contributed by atoms with van der Waals surface area (Å²) in [6.45, 7) is 6.32. The van der Waals surface area contributed by atoms with Crippen molar-refractivity contribution in [2.24, 2.45) is 0 Å². The van der Waals surface area contributed by atoms with Crippen molar-refractivity contribution in [2.45, 2.75) is 19.9 Å². The van der Waals surface area contributed by atoms with Crippen LogP contribution in [-0.2, 0) is 0 Å². The number of rotatable bonds is 8. The highest BCUT2D eigenvalue weighted by Crippen LogP contribution is 2.17. The van der Waals surface area contributed by atoms with E-state index in [0.717, 1.165) is 18.0 Å². The van der Waals surface area contributed by atoms with E-state index in [1.807, 2.05) is 42.5 Å². The second-order valence-electron chi connectivity index (χ2n) is 4.86. The Labute approximate surface area is 126 Å². The molecule has 0 fully saturated rings. The van der Waals surface area contributed by atoms with Crippen molar-refractivity contribution in [3.63, 3.8) is 0 Å². The zero-order valence-electron chi connectivity index (χ0n) is 12.7. The molecule has 0 aliphatic rings. The number of nitrogens with one attached hydrogen (secondary N) is 1. The second kappa shape index (κ2) is 8.32. The van der Waals surface area contributed by atoms with E-state index in [1.165, 1.54) is 5.56 Å². The number of benzene rings is 2. The highest BCUT2D eigenvalue weighted by atomic mass is 16.5. The largest absolute Gasteiger partial charge is 0.490 e. The molecule has 21 heavy (non-hydrogen) atoms. The van der Waals surface area contributed by atoms with E-state index < -0.39 is 0 Å². The molecule has 2 aromatic carbocycles. The van der Waals surface area contributed by atoms with E-state index in [-0.39, 0.29) is 0 Å². The quantitative estimate of drug-likeness (QED) is 0.748. The Morgan fingerprint density at radius 2 is 1.43 bits per heavy atom. The Hall–Kier alpha value is -2.00. The van der Waals surface area contributed by atoms with Crippen molar-refractivity contribution in [2.75, 3.05) is 19.8 Å². The van der Waals surface area contributed by atoms with Crippen LogP contribution in [-0.4, -0.2) is 19.8 Å². The maximum Gasteiger partial charge on any atom is 0.122 e. The highest BCUT2D eigenvalue weighted by molar-refractivity contribution is 5.29. The molecular weight excluding hydrogens is 262 g/mol. The van der Waals surface area contributed by atoms with E-state index in [9.17, 15) is 0 Å². The summed E-state index contributed by atoms with van der Waals surface area (Å²) in [5.74, 6) is 1.75. The van der Waals surface area contributed by atoms with E-state index in [1.54, 1.807) is 0 Å². The maximum absolute atomic E-state index is 5.68. The first-order valence-corrected chi connectivity index (χ1v) is 7.43. The first kappa shape index (κ1) is 15.4. The molecule has 3 nitrogen and oxygen atoms in total. The third-order valence-corrected chi connectivity index (χ3v) is 3.25. The molecule has 0 bridgehead atoms. The van der Waals surface area contributed by atoms with Crippen molar-refractivity contribution in [1.29, 1.82) is 0 Å². The second-order valence-corrected chi connectivity index (χ2v) is 4.86. The van der Waals surface area contributed by atoms with E-state index in [2.05, 4.69) is 31.3 Å². The molecule has 0 aliphatic heterocycles. The van der Waals surface area contributed by atoms with Gasteiger partial charge in [-0.05, 0) is 43.3 Å². The highest BCUT2D eigenvalue weighted by Gasteiger charge is 2.03. The van der Waals surface area contributed by atoms with E-state index in [0.29, 0.717) is 19.3 Å². The molecule has 2 rings (SSSR count). The van der Waals surface area contributed by atoms with Crippen LogP contribution < -0.4 is 14.8 Å². The molecule has 0 saturated carbocycles. The summed E-state index contributed by atoms with van der Waals surface area (Å²) in [5, 5.41) is 3.39. The summed E-state index contributed by atoms with van der Waals surface area (Å²) in [5.41, 5.74) is 1.27. The molecular formula is C18H23NO2. The van der Waals surface area contributed by atoms with Crippen LogP contribution in [0.2, 0.25) is 0 Å². The first-order valence-electron chi connectivity index (χ1n) is 7.43. The smallest absolute Gasteiger partial charge is 0.122 e. The van der Waals surface area contributed by atoms with Crippen LogP contribution >= 0.6 is 0 Å². The fraction of sp³-hybridized carbons (Fsp3) is 0.333. The predicted octanol–water partition coefficient (Wildman–Crippen LogP) is 3.81. The fourth-order valence-corrected chi connectivity index (χ4v) is 2.11. The summed E-state index contributed by atoms with van der Waals surface area (Å²) in [6, 6.07) is 18.3. The molecule has 1 atom stereocenters. The Bertz CT molecular complexity index is 511. The Morgan fingerprint density at radius 3 is 2.00 bits per heavy atom. The Balaban J connectivity index is 1.73. The molecule has 2 aromatic rings. The van der Waals surface area contributed by atoms with Gasteiger partial charge in [0.2, 0.25) is 0 Å². The molecule has 1 unspecified atom stereocenters. The Kier molecular flexibility index (Phi) is 6.10. The fourth-order valence-electron chi connectivity index (χ4n) is 2.11. The lowest BCUT2D eigenvalue weighted by Crippen LogP contribution is -2.17. The number of ether oxygens (including phenoxy) is 2. The lowest BCUT2D eigenvalue weighted by molar-refractivity contribution is 0.217. The lowest BCUT2D eigenvalue weighted by Gasteiger charge is -2.13. The zero-order valence-corrected chi connectivity index (χ0v) is 12.7. The zero-order chi connectivity index (χ0) is 14.9. The molecule has 0 saturated heterocycles. The average molecular weight is 285 g/mol. The van der Waals surface area contributed by atoms with Crippen molar-refractivity contribution in [3.8, 4) is 11.5 Å². The summed E-state index contributed by atoms with van der Waals surface area (Å²) in [6.07, 6.45) is 0. The van der Waals surface area contributed by atoms with Gasteiger partial charge in [-0.1, -0.05) is 37.3 Å². The predicted molar refractivity (Wildman–Crippen MR) is 86.0 cm³/mol. The van der Waals surface area contributed by atoms with Crippen molar-refractivity contribution in [3.05, 3.63) is 60.2 Å². The van der Waals surface area contributed by atoms with Gasteiger partial charge < -0.3 is 14.8 Å². The van der Waals surface area contributed by atoms with Crippen LogP contribution in [0.3, 0.4) is 0 Å². The van der Waals surface area contributed by atoms with Crippen molar-refractivity contribution >= 4 is 0 Å². The summed E-state index contributed by atoms with van der Waals surface area (Å²) in [7, 11) is 0. The molecule has 0 spiro atoms. The molecule has 112 valence electrons. The molecule has 0 aromatic heterocycles. The lowest BCUT2D eigenvalue weighted by atomic mass is 10.1. The van der Waals surface area contributed by atoms with Gasteiger partial charge in [0.15, 0.2) is 0 Å².